The van der Waals surface area contributed by atoms with E-state index in [1.807, 2.05) is 12.4 Å². The smallest absolute Gasteiger partial charge is 0.132 e. The summed E-state index contributed by atoms with van der Waals surface area (Å²) < 4.78 is 2.14. The monoisotopic (exact) mass is 450 g/mol. The molecular formula is C27H26N6O. The van der Waals surface area contributed by atoms with Crippen molar-refractivity contribution in [3.63, 3.8) is 0 Å². The summed E-state index contributed by atoms with van der Waals surface area (Å²) in [6.07, 6.45) is 9.55. The third-order valence-corrected chi connectivity index (χ3v) is 6.96. The Morgan fingerprint density at radius 1 is 0.971 bits per heavy atom. The van der Waals surface area contributed by atoms with Gasteiger partial charge >= 0.3 is 0 Å². The lowest BCUT2D eigenvalue weighted by Crippen LogP contribution is -2.27. The van der Waals surface area contributed by atoms with E-state index in [1.165, 1.54) is 18.4 Å². The second-order valence-electron chi connectivity index (χ2n) is 9.39. The molecule has 2 aliphatic carbocycles. The number of nitrogens with one attached hydrogen (secondary N) is 1. The van der Waals surface area contributed by atoms with Crippen molar-refractivity contribution >= 4 is 22.7 Å². The molecule has 3 heterocycles. The third kappa shape index (κ3) is 4.02. The Kier molecular flexibility index (Phi) is 5.23. The van der Waals surface area contributed by atoms with E-state index in [2.05, 4.69) is 50.2 Å². The highest BCUT2D eigenvalue weighted by Crippen LogP contribution is 2.42. The van der Waals surface area contributed by atoms with Crippen LogP contribution in [0.2, 0.25) is 0 Å². The Morgan fingerprint density at radius 3 is 2.68 bits per heavy atom. The van der Waals surface area contributed by atoms with Crippen molar-refractivity contribution in [2.45, 2.75) is 56.6 Å². The van der Waals surface area contributed by atoms with Crippen LogP contribution >= 0.6 is 0 Å². The Morgan fingerprint density at radius 2 is 1.85 bits per heavy atom. The van der Waals surface area contributed by atoms with E-state index in [1.54, 1.807) is 18.3 Å². The van der Waals surface area contributed by atoms with Crippen molar-refractivity contribution in [1.29, 1.82) is 5.26 Å². The van der Waals surface area contributed by atoms with Crippen LogP contribution in [0.3, 0.4) is 0 Å². The van der Waals surface area contributed by atoms with Crippen LogP contribution in [-0.2, 0) is 0 Å². The largest absolute Gasteiger partial charge is 0.391 e. The highest BCUT2D eigenvalue weighted by molar-refractivity contribution is 5.82. The molecule has 170 valence electrons. The molecule has 3 aromatic heterocycles. The fraction of sp³-hybridized carbons (Fsp3) is 0.333. The maximum absolute atomic E-state index is 10.6. The van der Waals surface area contributed by atoms with Crippen molar-refractivity contribution in [1.82, 2.24) is 19.5 Å². The SMILES string of the molecule is N#Cc1ccnc(Nc2cc(C3CC3)cc(-c3ccc4ncn([C@H]5CCCC[C@@H]5O)c4c3)n2)c1. The van der Waals surface area contributed by atoms with Crippen LogP contribution in [0.4, 0.5) is 11.6 Å². The summed E-state index contributed by atoms with van der Waals surface area (Å²) in [5, 5.41) is 23.1. The molecule has 0 saturated heterocycles. The fourth-order valence-corrected chi connectivity index (χ4v) is 4.98. The number of fused-ring (bicyclic) bond motifs is 1. The first kappa shape index (κ1) is 20.8. The molecular weight excluding hydrogens is 424 g/mol. The van der Waals surface area contributed by atoms with Crippen molar-refractivity contribution in [2.24, 2.45) is 0 Å². The average molecular weight is 451 g/mol. The Labute approximate surface area is 198 Å². The molecule has 7 nitrogen and oxygen atoms in total. The summed E-state index contributed by atoms with van der Waals surface area (Å²) >= 11 is 0. The predicted molar refractivity (Wildman–Crippen MR) is 131 cm³/mol. The molecule has 0 radical (unpaired) electrons. The van der Waals surface area contributed by atoms with Crippen LogP contribution in [0.25, 0.3) is 22.3 Å². The second kappa shape index (κ2) is 8.54. The van der Waals surface area contributed by atoms with Crippen LogP contribution in [-0.4, -0.2) is 30.7 Å². The Balaban J connectivity index is 1.39. The molecule has 6 rings (SSSR count). The molecule has 2 N–H and O–H groups in total. The minimum absolute atomic E-state index is 0.0653. The lowest BCUT2D eigenvalue weighted by molar-refractivity contribution is 0.0773. The minimum Gasteiger partial charge on any atom is -0.391 e. The van der Waals surface area contributed by atoms with Crippen LogP contribution in [0.5, 0.6) is 0 Å². The number of pyridine rings is 2. The van der Waals surface area contributed by atoms with Gasteiger partial charge in [0, 0.05) is 11.8 Å². The normalized spacial score (nSPS) is 20.2. The van der Waals surface area contributed by atoms with Crippen molar-refractivity contribution in [3.05, 3.63) is 66.1 Å². The number of benzene rings is 1. The number of imidazole rings is 1. The van der Waals surface area contributed by atoms with E-state index < -0.39 is 0 Å². The highest BCUT2D eigenvalue weighted by atomic mass is 16.3. The van der Waals surface area contributed by atoms with E-state index in [9.17, 15) is 10.4 Å². The summed E-state index contributed by atoms with van der Waals surface area (Å²) in [6.45, 7) is 0. The molecule has 2 atom stereocenters. The van der Waals surface area contributed by atoms with E-state index in [0.717, 1.165) is 53.8 Å². The molecule has 34 heavy (non-hydrogen) atoms. The summed E-state index contributed by atoms with van der Waals surface area (Å²) in [7, 11) is 0. The fourth-order valence-electron chi connectivity index (χ4n) is 4.98. The maximum Gasteiger partial charge on any atom is 0.132 e. The number of aliphatic hydroxyl groups is 1. The van der Waals surface area contributed by atoms with Gasteiger partial charge in [-0.05, 0) is 73.6 Å². The van der Waals surface area contributed by atoms with Crippen molar-refractivity contribution in [3.8, 4) is 17.3 Å². The van der Waals surface area contributed by atoms with Gasteiger partial charge < -0.3 is 15.0 Å². The van der Waals surface area contributed by atoms with Crippen LogP contribution in [0.1, 0.15) is 61.6 Å². The summed E-state index contributed by atoms with van der Waals surface area (Å²) in [5.41, 5.74) is 5.68. The lowest BCUT2D eigenvalue weighted by Gasteiger charge is -2.29. The Bertz CT molecular complexity index is 1400. The first-order valence-corrected chi connectivity index (χ1v) is 12.0. The Hall–Kier alpha value is -3.76. The number of nitrogens with zero attached hydrogens (tertiary/aromatic N) is 5. The zero-order valence-electron chi connectivity index (χ0n) is 18.9. The van der Waals surface area contributed by atoms with Gasteiger partial charge in [0.2, 0.25) is 0 Å². The maximum atomic E-state index is 10.6. The van der Waals surface area contributed by atoms with Crippen molar-refractivity contribution in [2.75, 3.05) is 5.32 Å². The zero-order valence-corrected chi connectivity index (χ0v) is 18.9. The lowest BCUT2D eigenvalue weighted by atomic mass is 9.92. The van der Waals surface area contributed by atoms with Gasteiger partial charge in [-0.3, -0.25) is 0 Å². The standard InChI is InChI=1S/C27H26N6O/c28-15-17-9-10-29-26(11-17)32-27-14-20(18-5-6-18)12-22(31-27)19-7-8-21-24(13-19)33(16-30-21)23-3-1-2-4-25(23)34/h7-14,16,18,23,25,34H,1-6H2,(H,29,31,32)/t23-,25-/m0/s1. The van der Waals surface area contributed by atoms with Crippen molar-refractivity contribution < 1.29 is 5.11 Å². The molecule has 0 spiro atoms. The molecule has 0 unspecified atom stereocenters. The highest BCUT2D eigenvalue weighted by Gasteiger charge is 2.27. The number of anilines is 2. The molecule has 0 bridgehead atoms. The van der Waals surface area contributed by atoms with E-state index in [0.29, 0.717) is 17.3 Å². The first-order valence-electron chi connectivity index (χ1n) is 12.0. The third-order valence-electron chi connectivity index (χ3n) is 6.96. The summed E-state index contributed by atoms with van der Waals surface area (Å²) in [5.74, 6) is 1.89. The average Bonchev–Trinajstić information content (AvgIpc) is 3.64. The van der Waals surface area contributed by atoms with Crippen LogP contribution < -0.4 is 5.32 Å². The number of aliphatic hydroxyl groups excluding tert-OH is 1. The van der Waals surface area contributed by atoms with Gasteiger partial charge in [-0.1, -0.05) is 18.9 Å². The van der Waals surface area contributed by atoms with Gasteiger partial charge in [0.1, 0.15) is 11.6 Å². The van der Waals surface area contributed by atoms with Gasteiger partial charge in [0.25, 0.3) is 0 Å². The first-order chi connectivity index (χ1) is 16.7. The number of hydrogen-bond donors (Lipinski definition) is 2. The number of aromatic nitrogens is 4. The van der Waals surface area contributed by atoms with Gasteiger partial charge in [-0.15, -0.1) is 0 Å². The molecule has 2 saturated carbocycles. The van der Waals surface area contributed by atoms with Gasteiger partial charge in [-0.2, -0.15) is 5.26 Å². The molecule has 2 aliphatic rings. The van der Waals surface area contributed by atoms with Crippen LogP contribution in [0.15, 0.2) is 55.0 Å². The van der Waals surface area contributed by atoms with E-state index >= 15 is 0 Å². The molecule has 7 heteroatoms. The molecule has 2 fully saturated rings. The molecule has 1 aromatic carbocycles. The zero-order chi connectivity index (χ0) is 23.1. The number of hydrogen-bond acceptors (Lipinski definition) is 6. The van der Waals surface area contributed by atoms with Gasteiger partial charge in [0.05, 0.1) is 46.8 Å². The molecule has 4 aromatic rings. The number of nitriles is 1. The second-order valence-corrected chi connectivity index (χ2v) is 9.39. The van der Waals surface area contributed by atoms with Gasteiger partial charge in [-0.25, -0.2) is 15.0 Å². The molecule has 0 aliphatic heterocycles. The molecule has 0 amide bonds. The minimum atomic E-state index is -0.335. The summed E-state index contributed by atoms with van der Waals surface area (Å²) in [6, 6.07) is 16.1. The van der Waals surface area contributed by atoms with Gasteiger partial charge in [0.15, 0.2) is 0 Å². The van der Waals surface area contributed by atoms with Crippen LogP contribution in [0, 0.1) is 11.3 Å². The van der Waals surface area contributed by atoms with E-state index in [4.69, 9.17) is 4.98 Å². The number of rotatable bonds is 5. The predicted octanol–water partition coefficient (Wildman–Crippen LogP) is 5.46. The summed E-state index contributed by atoms with van der Waals surface area (Å²) in [4.78, 5) is 13.8. The quantitative estimate of drug-likeness (QED) is 0.419. The van der Waals surface area contributed by atoms with E-state index in [-0.39, 0.29) is 12.1 Å². The topological polar surface area (TPSA) is 99.7 Å².